The minimum absolute atomic E-state index is 0.00470. The van der Waals surface area contributed by atoms with E-state index < -0.39 is 5.97 Å². The van der Waals surface area contributed by atoms with Crippen LogP contribution in [0.25, 0.3) is 0 Å². The van der Waals surface area contributed by atoms with Crippen molar-refractivity contribution in [3.05, 3.63) is 27.7 Å². The van der Waals surface area contributed by atoms with Gasteiger partial charge in [0.2, 0.25) is 5.91 Å². The maximum Gasteiger partial charge on any atom is 0.325 e. The van der Waals surface area contributed by atoms with Gasteiger partial charge in [-0.05, 0) is 44.0 Å². The highest BCUT2D eigenvalue weighted by Gasteiger charge is 2.16. The number of nitrogens with zero attached hydrogens (tertiary/aromatic N) is 1. The van der Waals surface area contributed by atoms with Gasteiger partial charge in [0.15, 0.2) is 0 Å². The van der Waals surface area contributed by atoms with E-state index in [1.165, 1.54) is 23.8 Å². The third-order valence-electron chi connectivity index (χ3n) is 3.09. The smallest absolute Gasteiger partial charge is 0.325 e. The van der Waals surface area contributed by atoms with Gasteiger partial charge in [-0.1, -0.05) is 15.9 Å². The van der Waals surface area contributed by atoms with Gasteiger partial charge >= 0.3 is 5.97 Å². The van der Waals surface area contributed by atoms with Gasteiger partial charge in [0, 0.05) is 15.9 Å². The molecule has 0 saturated carbocycles. The molecule has 0 N–H and O–H groups in total. The van der Waals surface area contributed by atoms with Gasteiger partial charge in [0.1, 0.15) is 6.54 Å². The molecule has 0 spiro atoms. The van der Waals surface area contributed by atoms with Gasteiger partial charge in [-0.25, -0.2) is 0 Å². The fraction of sp³-hybridized carbons (Fsp3) is 0.467. The van der Waals surface area contributed by atoms with E-state index in [1.807, 2.05) is 26.8 Å². The number of ether oxygens (including phenoxy) is 1. The molecule has 116 valence electrons. The van der Waals surface area contributed by atoms with Crippen LogP contribution in [0.4, 0.5) is 0 Å². The minimum atomic E-state index is -0.397. The standard InChI is InChI=1S/C15H20BrNO3S/c1-5-17(8-15(19)20-4)14(18)9-21-13-7-10(2)12(16)6-11(13)3/h6-7H,5,8-9H2,1-4H3. The summed E-state index contributed by atoms with van der Waals surface area (Å²) in [6, 6.07) is 4.11. The molecule has 0 heterocycles. The van der Waals surface area contributed by atoms with Crippen molar-refractivity contribution in [3.8, 4) is 0 Å². The number of amides is 1. The van der Waals surface area contributed by atoms with Crippen molar-refractivity contribution in [1.29, 1.82) is 0 Å². The number of aryl methyl sites for hydroxylation is 2. The molecule has 1 rings (SSSR count). The predicted octanol–water partition coefficient (Wildman–Crippen LogP) is 3.18. The van der Waals surface area contributed by atoms with Crippen LogP contribution < -0.4 is 0 Å². The summed E-state index contributed by atoms with van der Waals surface area (Å²) in [7, 11) is 1.32. The number of likely N-dealkylation sites (N-methyl/N-ethyl adjacent to an activating group) is 1. The summed E-state index contributed by atoms with van der Waals surface area (Å²) in [5, 5.41) is 0. The molecule has 0 saturated heterocycles. The summed E-state index contributed by atoms with van der Waals surface area (Å²) >= 11 is 4.99. The number of hydrogen-bond donors (Lipinski definition) is 0. The van der Waals surface area contributed by atoms with E-state index in [1.54, 1.807) is 0 Å². The molecule has 0 aromatic heterocycles. The second kappa shape index (κ2) is 8.44. The van der Waals surface area contributed by atoms with Crippen molar-refractivity contribution >= 4 is 39.6 Å². The van der Waals surface area contributed by atoms with Crippen LogP contribution in [0.5, 0.6) is 0 Å². The van der Waals surface area contributed by atoms with E-state index >= 15 is 0 Å². The Morgan fingerprint density at radius 1 is 1.29 bits per heavy atom. The summed E-state index contributed by atoms with van der Waals surface area (Å²) in [5.41, 5.74) is 2.26. The first-order valence-corrected chi connectivity index (χ1v) is 8.41. The van der Waals surface area contributed by atoms with Crippen LogP contribution in [0.1, 0.15) is 18.1 Å². The quantitative estimate of drug-likeness (QED) is 0.567. The van der Waals surface area contributed by atoms with Gasteiger partial charge in [-0.15, -0.1) is 11.8 Å². The maximum atomic E-state index is 12.2. The van der Waals surface area contributed by atoms with Crippen molar-refractivity contribution < 1.29 is 14.3 Å². The second-order valence-electron chi connectivity index (χ2n) is 4.64. The molecule has 0 aliphatic carbocycles. The molecule has 4 nitrogen and oxygen atoms in total. The monoisotopic (exact) mass is 373 g/mol. The van der Waals surface area contributed by atoms with E-state index in [9.17, 15) is 9.59 Å². The summed E-state index contributed by atoms with van der Waals surface area (Å²) in [4.78, 5) is 26.0. The van der Waals surface area contributed by atoms with Gasteiger partial charge < -0.3 is 9.64 Å². The molecule has 0 fully saturated rings. The lowest BCUT2D eigenvalue weighted by molar-refractivity contribution is -0.146. The largest absolute Gasteiger partial charge is 0.468 e. The van der Waals surface area contributed by atoms with Gasteiger partial charge in [-0.3, -0.25) is 9.59 Å². The average Bonchev–Trinajstić information content (AvgIpc) is 2.46. The van der Waals surface area contributed by atoms with Gasteiger partial charge in [0.25, 0.3) is 0 Å². The molecule has 1 aromatic rings. The van der Waals surface area contributed by atoms with Crippen LogP contribution >= 0.6 is 27.7 Å². The van der Waals surface area contributed by atoms with Gasteiger partial charge in [0.05, 0.1) is 12.9 Å². The highest BCUT2D eigenvalue weighted by atomic mass is 79.9. The predicted molar refractivity (Wildman–Crippen MR) is 88.6 cm³/mol. The molecule has 0 atom stereocenters. The van der Waals surface area contributed by atoms with Crippen LogP contribution in [0, 0.1) is 13.8 Å². The summed E-state index contributed by atoms with van der Waals surface area (Å²) in [6.45, 7) is 6.38. The molecule has 0 radical (unpaired) electrons. The van der Waals surface area contributed by atoms with Crippen molar-refractivity contribution in [2.45, 2.75) is 25.7 Å². The van der Waals surface area contributed by atoms with E-state index in [0.717, 1.165) is 20.5 Å². The van der Waals surface area contributed by atoms with Crippen LogP contribution in [-0.2, 0) is 14.3 Å². The fourth-order valence-corrected chi connectivity index (χ4v) is 3.20. The molecule has 0 aliphatic heterocycles. The summed E-state index contributed by atoms with van der Waals surface area (Å²) < 4.78 is 5.66. The number of carbonyl (C=O) groups is 2. The van der Waals surface area contributed by atoms with Crippen LogP contribution in [0.15, 0.2) is 21.5 Å². The molecule has 0 bridgehead atoms. The number of carbonyl (C=O) groups excluding carboxylic acids is 2. The van der Waals surface area contributed by atoms with Crippen molar-refractivity contribution in [2.75, 3.05) is 26.0 Å². The number of methoxy groups -OCH3 is 1. The number of halogens is 1. The first kappa shape index (κ1) is 18.0. The Kier molecular flexibility index (Phi) is 7.25. The SMILES string of the molecule is CCN(CC(=O)OC)C(=O)CSc1cc(C)c(Br)cc1C. The number of benzene rings is 1. The van der Waals surface area contributed by atoms with Crippen LogP contribution in [0.2, 0.25) is 0 Å². The lowest BCUT2D eigenvalue weighted by Crippen LogP contribution is -2.37. The van der Waals surface area contributed by atoms with Crippen molar-refractivity contribution in [1.82, 2.24) is 4.90 Å². The van der Waals surface area contributed by atoms with E-state index in [-0.39, 0.29) is 12.5 Å². The topological polar surface area (TPSA) is 46.6 Å². The maximum absolute atomic E-state index is 12.2. The Hall–Kier alpha value is -1.01. The highest BCUT2D eigenvalue weighted by molar-refractivity contribution is 9.10. The minimum Gasteiger partial charge on any atom is -0.468 e. The summed E-state index contributed by atoms with van der Waals surface area (Å²) in [6.07, 6.45) is 0. The van der Waals surface area contributed by atoms with Gasteiger partial charge in [-0.2, -0.15) is 0 Å². The molecular formula is C15H20BrNO3S. The third-order valence-corrected chi connectivity index (χ3v) is 5.09. The number of hydrogen-bond acceptors (Lipinski definition) is 4. The number of thioether (sulfide) groups is 1. The molecular weight excluding hydrogens is 354 g/mol. The normalized spacial score (nSPS) is 10.3. The molecule has 6 heteroatoms. The average molecular weight is 374 g/mol. The Labute approximate surface area is 138 Å². The molecule has 21 heavy (non-hydrogen) atoms. The lowest BCUT2D eigenvalue weighted by atomic mass is 10.2. The zero-order valence-electron chi connectivity index (χ0n) is 12.7. The zero-order chi connectivity index (χ0) is 16.0. The van der Waals surface area contributed by atoms with E-state index in [4.69, 9.17) is 0 Å². The zero-order valence-corrected chi connectivity index (χ0v) is 15.1. The Morgan fingerprint density at radius 2 is 1.95 bits per heavy atom. The Bertz CT molecular complexity index is 534. The van der Waals surface area contributed by atoms with Crippen LogP contribution in [0.3, 0.4) is 0 Å². The lowest BCUT2D eigenvalue weighted by Gasteiger charge is -2.19. The van der Waals surface area contributed by atoms with Crippen molar-refractivity contribution in [3.63, 3.8) is 0 Å². The highest BCUT2D eigenvalue weighted by Crippen LogP contribution is 2.28. The molecule has 1 amide bonds. The first-order chi connectivity index (χ1) is 9.88. The second-order valence-corrected chi connectivity index (χ2v) is 6.51. The number of rotatable bonds is 6. The van der Waals surface area contributed by atoms with Crippen LogP contribution in [-0.4, -0.2) is 42.7 Å². The Balaban J connectivity index is 2.67. The van der Waals surface area contributed by atoms with E-state index in [2.05, 4.69) is 26.7 Å². The van der Waals surface area contributed by atoms with Crippen molar-refractivity contribution in [2.24, 2.45) is 0 Å². The number of esters is 1. The first-order valence-electron chi connectivity index (χ1n) is 6.63. The third kappa shape index (κ3) is 5.36. The van der Waals surface area contributed by atoms with E-state index in [0.29, 0.717) is 12.3 Å². The molecule has 0 unspecified atom stereocenters. The fourth-order valence-electron chi connectivity index (χ4n) is 1.74. The summed E-state index contributed by atoms with van der Waals surface area (Å²) in [5.74, 6) is -0.147. The Morgan fingerprint density at radius 3 is 2.52 bits per heavy atom. The molecule has 0 aliphatic rings. The molecule has 1 aromatic carbocycles.